The van der Waals surface area contributed by atoms with Gasteiger partial charge in [-0.3, -0.25) is 14.7 Å². The molecule has 1 aromatic heterocycles. The average Bonchev–Trinajstić information content (AvgIpc) is 2.63. The van der Waals surface area contributed by atoms with E-state index in [9.17, 15) is 4.79 Å². The minimum Gasteiger partial charge on any atom is -0.340 e. The van der Waals surface area contributed by atoms with Gasteiger partial charge in [0.05, 0.1) is 0 Å². The molecule has 23 heavy (non-hydrogen) atoms. The predicted octanol–water partition coefficient (Wildman–Crippen LogP) is 3.18. The number of nitrogens with zero attached hydrogens (tertiary/aromatic N) is 3. The van der Waals surface area contributed by atoms with E-state index in [-0.39, 0.29) is 0 Å². The summed E-state index contributed by atoms with van der Waals surface area (Å²) in [6.45, 7) is 5.80. The van der Waals surface area contributed by atoms with E-state index in [0.717, 1.165) is 39.0 Å². The lowest BCUT2D eigenvalue weighted by atomic mass is 9.96. The molecule has 0 bridgehead atoms. The van der Waals surface area contributed by atoms with Crippen molar-refractivity contribution in [3.05, 3.63) is 41.7 Å². The van der Waals surface area contributed by atoms with Crippen molar-refractivity contribution >= 4 is 5.91 Å². The number of allylic oxidation sites excluding steroid dienone is 1. The Labute approximate surface area is 139 Å². The summed E-state index contributed by atoms with van der Waals surface area (Å²) in [5.41, 5.74) is 2.60. The molecule has 3 rings (SSSR count). The maximum atomic E-state index is 12.5. The van der Waals surface area contributed by atoms with Gasteiger partial charge in [0.2, 0.25) is 5.91 Å². The molecule has 0 radical (unpaired) electrons. The number of rotatable bonds is 4. The Hall–Kier alpha value is -1.68. The molecule has 1 amide bonds. The van der Waals surface area contributed by atoms with Crippen molar-refractivity contribution in [2.45, 2.75) is 45.1 Å². The summed E-state index contributed by atoms with van der Waals surface area (Å²) in [5, 5.41) is 0. The van der Waals surface area contributed by atoms with Crippen LogP contribution in [0.5, 0.6) is 0 Å². The number of carbonyl (C=O) groups is 1. The van der Waals surface area contributed by atoms with Crippen molar-refractivity contribution < 1.29 is 4.79 Å². The highest BCUT2D eigenvalue weighted by Crippen LogP contribution is 2.23. The minimum atomic E-state index is 0.312. The molecule has 1 saturated heterocycles. The molecule has 0 aromatic carbocycles. The summed E-state index contributed by atoms with van der Waals surface area (Å²) in [5.74, 6) is 0.312. The van der Waals surface area contributed by atoms with Gasteiger partial charge in [-0.15, -0.1) is 0 Å². The van der Waals surface area contributed by atoms with Crippen LogP contribution < -0.4 is 0 Å². The number of hydrogen-bond acceptors (Lipinski definition) is 3. The van der Waals surface area contributed by atoms with Gasteiger partial charge in [-0.05, 0) is 44.2 Å². The highest BCUT2D eigenvalue weighted by Gasteiger charge is 2.25. The molecule has 2 aliphatic rings. The Bertz CT molecular complexity index is 547. The van der Waals surface area contributed by atoms with E-state index in [0.29, 0.717) is 18.4 Å². The monoisotopic (exact) mass is 313 g/mol. The Kier molecular flexibility index (Phi) is 5.44. The van der Waals surface area contributed by atoms with Gasteiger partial charge in [0.25, 0.3) is 0 Å². The molecule has 0 saturated carbocycles. The average molecular weight is 313 g/mol. The largest absolute Gasteiger partial charge is 0.340 e. The van der Waals surface area contributed by atoms with E-state index < -0.39 is 0 Å². The topological polar surface area (TPSA) is 36.4 Å². The van der Waals surface area contributed by atoms with Crippen LogP contribution in [0.2, 0.25) is 0 Å². The number of piperazine rings is 1. The number of aromatic nitrogens is 1. The number of carbonyl (C=O) groups excluding carboxylic acids is 1. The second kappa shape index (κ2) is 7.73. The summed E-state index contributed by atoms with van der Waals surface area (Å²) in [4.78, 5) is 21.2. The van der Waals surface area contributed by atoms with Crippen LogP contribution in [-0.2, 0) is 4.79 Å². The lowest BCUT2D eigenvalue weighted by Gasteiger charge is -2.38. The van der Waals surface area contributed by atoms with E-state index in [4.69, 9.17) is 0 Å². The van der Waals surface area contributed by atoms with Gasteiger partial charge in [0, 0.05) is 51.0 Å². The first-order valence-corrected chi connectivity index (χ1v) is 8.83. The molecule has 1 atom stereocenters. The van der Waals surface area contributed by atoms with Crippen molar-refractivity contribution in [2.75, 3.05) is 26.2 Å². The van der Waals surface area contributed by atoms with Crippen LogP contribution in [0.15, 0.2) is 36.2 Å². The molecule has 2 heterocycles. The highest BCUT2D eigenvalue weighted by atomic mass is 16.2. The Balaban J connectivity index is 1.50. The number of hydrogen-bond donors (Lipinski definition) is 0. The minimum absolute atomic E-state index is 0.312. The normalized spacial score (nSPS) is 20.9. The maximum Gasteiger partial charge on any atom is 0.226 e. The van der Waals surface area contributed by atoms with Gasteiger partial charge in [-0.2, -0.15) is 0 Å². The third-order valence-electron chi connectivity index (χ3n) is 5.14. The third-order valence-corrected chi connectivity index (χ3v) is 5.14. The van der Waals surface area contributed by atoms with Crippen molar-refractivity contribution in [2.24, 2.45) is 0 Å². The Morgan fingerprint density at radius 3 is 2.74 bits per heavy atom. The van der Waals surface area contributed by atoms with E-state index in [1.54, 1.807) is 0 Å². The fraction of sp³-hybridized carbons (Fsp3) is 0.579. The molecule has 0 N–H and O–H groups in total. The second-order valence-corrected chi connectivity index (χ2v) is 6.66. The maximum absolute atomic E-state index is 12.5. The molecule has 0 unspecified atom stereocenters. The zero-order chi connectivity index (χ0) is 16.1. The Morgan fingerprint density at radius 2 is 2.09 bits per heavy atom. The molecule has 1 fully saturated rings. The third kappa shape index (κ3) is 4.20. The van der Waals surface area contributed by atoms with Crippen molar-refractivity contribution in [3.63, 3.8) is 0 Å². The van der Waals surface area contributed by atoms with Crippen LogP contribution in [0.1, 0.15) is 50.6 Å². The SMILES string of the molecule is C[C@H](c1cccnc1)N1CCN(C(=O)CC2=CCCCC2)CC1. The lowest BCUT2D eigenvalue weighted by Crippen LogP contribution is -2.49. The van der Waals surface area contributed by atoms with E-state index in [2.05, 4.69) is 29.0 Å². The lowest BCUT2D eigenvalue weighted by molar-refractivity contribution is -0.132. The summed E-state index contributed by atoms with van der Waals surface area (Å²) >= 11 is 0. The van der Waals surface area contributed by atoms with Crippen molar-refractivity contribution in [1.82, 2.24) is 14.8 Å². The van der Waals surface area contributed by atoms with Crippen LogP contribution in [0.3, 0.4) is 0 Å². The summed E-state index contributed by atoms with van der Waals surface area (Å²) in [7, 11) is 0. The van der Waals surface area contributed by atoms with Crippen LogP contribution in [0.25, 0.3) is 0 Å². The van der Waals surface area contributed by atoms with E-state index in [1.165, 1.54) is 24.0 Å². The molecule has 4 heteroatoms. The predicted molar refractivity (Wildman–Crippen MR) is 92.0 cm³/mol. The Morgan fingerprint density at radius 1 is 1.26 bits per heavy atom. The van der Waals surface area contributed by atoms with E-state index in [1.807, 2.05) is 23.4 Å². The molecule has 1 aromatic rings. The molecular weight excluding hydrogens is 286 g/mol. The molecule has 124 valence electrons. The van der Waals surface area contributed by atoms with Gasteiger partial charge in [-0.25, -0.2) is 0 Å². The fourth-order valence-corrected chi connectivity index (χ4v) is 3.56. The van der Waals surface area contributed by atoms with Crippen LogP contribution in [0, 0.1) is 0 Å². The zero-order valence-corrected chi connectivity index (χ0v) is 14.1. The van der Waals surface area contributed by atoms with Gasteiger partial charge in [-0.1, -0.05) is 17.7 Å². The van der Waals surface area contributed by atoms with Crippen molar-refractivity contribution in [1.29, 1.82) is 0 Å². The first-order valence-electron chi connectivity index (χ1n) is 8.83. The van der Waals surface area contributed by atoms with Crippen molar-refractivity contribution in [3.8, 4) is 0 Å². The van der Waals surface area contributed by atoms with Gasteiger partial charge in [0.1, 0.15) is 0 Å². The second-order valence-electron chi connectivity index (χ2n) is 6.66. The fourth-order valence-electron chi connectivity index (χ4n) is 3.56. The first-order chi connectivity index (χ1) is 11.2. The van der Waals surface area contributed by atoms with Crippen LogP contribution in [0.4, 0.5) is 0 Å². The molecule has 1 aliphatic carbocycles. The highest BCUT2D eigenvalue weighted by molar-refractivity contribution is 5.78. The van der Waals surface area contributed by atoms with Gasteiger partial charge in [0.15, 0.2) is 0 Å². The molecule has 1 aliphatic heterocycles. The first kappa shape index (κ1) is 16.2. The quantitative estimate of drug-likeness (QED) is 0.801. The summed E-state index contributed by atoms with van der Waals surface area (Å²) < 4.78 is 0. The number of amides is 1. The molecular formula is C19H27N3O. The van der Waals surface area contributed by atoms with Crippen LogP contribution >= 0.6 is 0 Å². The molecule has 0 spiro atoms. The standard InChI is InChI=1S/C19H27N3O/c1-16(18-8-5-9-20-15-18)21-10-12-22(13-11-21)19(23)14-17-6-3-2-4-7-17/h5-6,8-9,15-16H,2-4,7,10-14H2,1H3/t16-/m1/s1. The van der Waals surface area contributed by atoms with Gasteiger partial charge < -0.3 is 4.90 Å². The van der Waals surface area contributed by atoms with Crippen LogP contribution in [-0.4, -0.2) is 46.9 Å². The molecule has 4 nitrogen and oxygen atoms in total. The van der Waals surface area contributed by atoms with E-state index >= 15 is 0 Å². The van der Waals surface area contributed by atoms with Gasteiger partial charge >= 0.3 is 0 Å². The summed E-state index contributed by atoms with van der Waals surface area (Å²) in [6.07, 6.45) is 11.5. The summed E-state index contributed by atoms with van der Waals surface area (Å²) in [6, 6.07) is 4.48. The smallest absolute Gasteiger partial charge is 0.226 e. The number of pyridine rings is 1. The zero-order valence-electron chi connectivity index (χ0n) is 14.1.